The molecule has 5 rings (SSSR count). The maximum atomic E-state index is 12.9. The van der Waals surface area contributed by atoms with Gasteiger partial charge in [0.2, 0.25) is 12.7 Å². The third kappa shape index (κ3) is 4.24. The van der Waals surface area contributed by atoms with E-state index in [0.29, 0.717) is 29.6 Å². The van der Waals surface area contributed by atoms with Crippen LogP contribution in [0.2, 0.25) is 0 Å². The van der Waals surface area contributed by atoms with Crippen LogP contribution in [0.5, 0.6) is 11.5 Å². The Kier molecular flexibility index (Phi) is 5.64. The molecular weight excluding hydrogens is 430 g/mol. The number of carbonyl (C=O) groups is 2. The van der Waals surface area contributed by atoms with Crippen LogP contribution in [0.25, 0.3) is 11.3 Å². The van der Waals surface area contributed by atoms with E-state index in [-0.39, 0.29) is 19.3 Å². The van der Waals surface area contributed by atoms with Crippen molar-refractivity contribution >= 4 is 28.5 Å². The smallest absolute Gasteiger partial charge is 0.410 e. The summed E-state index contributed by atoms with van der Waals surface area (Å²) in [4.78, 5) is 31.4. The maximum absolute atomic E-state index is 12.9. The van der Waals surface area contributed by atoms with E-state index in [4.69, 9.17) is 14.2 Å². The number of aromatic nitrogens is 1. The Morgan fingerprint density at radius 3 is 2.88 bits per heavy atom. The van der Waals surface area contributed by atoms with Crippen molar-refractivity contribution in [3.8, 4) is 22.8 Å². The first kappa shape index (κ1) is 20.3. The topological polar surface area (TPSA) is 90.0 Å². The zero-order valence-corrected chi connectivity index (χ0v) is 18.0. The number of hydrogen-bond donors (Lipinski definition) is 1. The zero-order chi connectivity index (χ0) is 21.9. The lowest BCUT2D eigenvalue weighted by molar-refractivity contribution is -0.120. The minimum absolute atomic E-state index is 0.176. The van der Waals surface area contributed by atoms with Crippen molar-refractivity contribution in [2.75, 3.05) is 18.7 Å². The second-order valence-corrected chi connectivity index (χ2v) is 8.34. The molecule has 164 valence electrons. The van der Waals surface area contributed by atoms with Crippen molar-refractivity contribution in [2.24, 2.45) is 0 Å². The number of hydrogen-bond acceptors (Lipinski definition) is 7. The maximum Gasteiger partial charge on any atom is 0.410 e. The molecule has 1 aromatic heterocycles. The van der Waals surface area contributed by atoms with E-state index in [1.165, 1.54) is 16.2 Å². The van der Waals surface area contributed by atoms with Crippen LogP contribution in [0.3, 0.4) is 0 Å². The van der Waals surface area contributed by atoms with Crippen LogP contribution in [-0.4, -0.2) is 41.3 Å². The van der Waals surface area contributed by atoms with Crippen LogP contribution in [0, 0.1) is 0 Å². The number of ether oxygens (including phenoxy) is 3. The Bertz CT molecular complexity index is 1130. The number of nitrogens with one attached hydrogen (secondary N) is 1. The van der Waals surface area contributed by atoms with Crippen molar-refractivity contribution < 1.29 is 23.8 Å². The molecule has 8 nitrogen and oxygen atoms in total. The highest BCUT2D eigenvalue weighted by atomic mass is 32.1. The lowest BCUT2D eigenvalue weighted by Crippen LogP contribution is -2.43. The van der Waals surface area contributed by atoms with Gasteiger partial charge in [-0.15, -0.1) is 11.3 Å². The Morgan fingerprint density at radius 2 is 2.00 bits per heavy atom. The minimum atomic E-state index is -0.573. The molecule has 3 heterocycles. The Balaban J connectivity index is 1.21. The number of amides is 2. The monoisotopic (exact) mass is 451 g/mol. The number of thiazole rings is 1. The summed E-state index contributed by atoms with van der Waals surface area (Å²) in [5.41, 5.74) is 2.51. The molecule has 1 saturated heterocycles. The first-order valence-electron chi connectivity index (χ1n) is 10.3. The quantitative estimate of drug-likeness (QED) is 0.623. The van der Waals surface area contributed by atoms with Gasteiger partial charge in [0, 0.05) is 17.5 Å². The van der Waals surface area contributed by atoms with E-state index in [1.54, 1.807) is 0 Å². The molecule has 1 fully saturated rings. The van der Waals surface area contributed by atoms with Crippen molar-refractivity contribution in [1.82, 2.24) is 9.88 Å². The average Bonchev–Trinajstić information content (AvgIpc) is 3.58. The summed E-state index contributed by atoms with van der Waals surface area (Å²) in [6.45, 7) is 0.880. The number of rotatable bonds is 5. The Morgan fingerprint density at radius 1 is 1.16 bits per heavy atom. The standard InChI is InChI=1S/C23H21N3O5S/c27-21(18-7-4-10-26(18)23(28)29-12-15-5-2-1-3-6-15)25-22-24-17(13-32-22)16-8-9-19-20(11-16)31-14-30-19/h1-3,5-6,8-9,11,13,18H,4,7,10,12,14H2,(H,24,25,27)/t18-/m1/s1. The number of nitrogens with zero attached hydrogens (tertiary/aromatic N) is 2. The summed E-state index contributed by atoms with van der Waals surface area (Å²) in [5, 5.41) is 5.20. The van der Waals surface area contributed by atoms with Crippen LogP contribution in [0.15, 0.2) is 53.9 Å². The molecule has 0 saturated carbocycles. The van der Waals surface area contributed by atoms with Gasteiger partial charge in [-0.05, 0) is 36.6 Å². The summed E-state index contributed by atoms with van der Waals surface area (Å²) in [5.74, 6) is 1.13. The van der Waals surface area contributed by atoms with E-state index < -0.39 is 12.1 Å². The van der Waals surface area contributed by atoms with E-state index in [0.717, 1.165) is 23.2 Å². The van der Waals surface area contributed by atoms with Crippen LogP contribution < -0.4 is 14.8 Å². The lowest BCUT2D eigenvalue weighted by Gasteiger charge is -2.22. The number of fused-ring (bicyclic) bond motifs is 1. The second kappa shape index (κ2) is 8.88. The van der Waals surface area contributed by atoms with E-state index in [1.807, 2.05) is 53.9 Å². The van der Waals surface area contributed by atoms with Crippen LogP contribution >= 0.6 is 11.3 Å². The Labute approximate surface area is 188 Å². The predicted molar refractivity (Wildman–Crippen MR) is 119 cm³/mol. The molecule has 0 spiro atoms. The molecule has 2 aliphatic heterocycles. The normalized spacial score (nSPS) is 16.8. The SMILES string of the molecule is O=C(Nc1nc(-c2ccc3c(c2)OCO3)cs1)[C@H]1CCCN1C(=O)OCc1ccccc1. The van der Waals surface area contributed by atoms with E-state index >= 15 is 0 Å². The lowest BCUT2D eigenvalue weighted by atomic mass is 10.1. The molecule has 0 aliphatic carbocycles. The summed E-state index contributed by atoms with van der Waals surface area (Å²) < 4.78 is 16.2. The summed E-state index contributed by atoms with van der Waals surface area (Å²) in [6, 6.07) is 14.5. The fourth-order valence-corrected chi connectivity index (χ4v) is 4.49. The second-order valence-electron chi connectivity index (χ2n) is 7.49. The molecule has 0 bridgehead atoms. The van der Waals surface area contributed by atoms with Crippen molar-refractivity contribution in [3.05, 3.63) is 59.5 Å². The molecule has 3 aromatic rings. The molecule has 9 heteroatoms. The highest BCUT2D eigenvalue weighted by molar-refractivity contribution is 7.14. The van der Waals surface area contributed by atoms with Gasteiger partial charge < -0.3 is 19.5 Å². The molecule has 2 aromatic carbocycles. The molecule has 32 heavy (non-hydrogen) atoms. The van der Waals surface area contributed by atoms with Gasteiger partial charge in [-0.1, -0.05) is 30.3 Å². The molecule has 1 atom stereocenters. The highest BCUT2D eigenvalue weighted by Gasteiger charge is 2.35. The fraction of sp³-hybridized carbons (Fsp3) is 0.261. The van der Waals surface area contributed by atoms with E-state index in [2.05, 4.69) is 10.3 Å². The van der Waals surface area contributed by atoms with Gasteiger partial charge in [-0.3, -0.25) is 9.69 Å². The largest absolute Gasteiger partial charge is 0.454 e. The number of benzene rings is 2. The molecule has 0 unspecified atom stereocenters. The molecule has 1 N–H and O–H groups in total. The third-order valence-corrected chi connectivity index (χ3v) is 6.16. The van der Waals surface area contributed by atoms with Gasteiger partial charge in [0.05, 0.1) is 5.69 Å². The minimum Gasteiger partial charge on any atom is -0.454 e. The number of likely N-dealkylation sites (tertiary alicyclic amines) is 1. The molecule has 2 aliphatic rings. The fourth-order valence-electron chi connectivity index (χ4n) is 3.77. The van der Waals surface area contributed by atoms with Crippen molar-refractivity contribution in [3.63, 3.8) is 0 Å². The first-order valence-corrected chi connectivity index (χ1v) is 11.2. The van der Waals surface area contributed by atoms with Crippen LogP contribution in [0.4, 0.5) is 9.93 Å². The van der Waals surface area contributed by atoms with Gasteiger partial charge >= 0.3 is 6.09 Å². The van der Waals surface area contributed by atoms with Crippen LogP contribution in [0.1, 0.15) is 18.4 Å². The number of carbonyl (C=O) groups excluding carboxylic acids is 2. The van der Waals surface area contributed by atoms with Gasteiger partial charge in [-0.25, -0.2) is 9.78 Å². The Hall–Kier alpha value is -3.59. The van der Waals surface area contributed by atoms with Crippen molar-refractivity contribution in [2.45, 2.75) is 25.5 Å². The first-order chi connectivity index (χ1) is 15.7. The summed E-state index contributed by atoms with van der Waals surface area (Å²) in [7, 11) is 0. The van der Waals surface area contributed by atoms with E-state index in [9.17, 15) is 9.59 Å². The molecular formula is C23H21N3O5S. The third-order valence-electron chi connectivity index (χ3n) is 5.40. The predicted octanol–water partition coefficient (Wildman–Crippen LogP) is 4.28. The van der Waals surface area contributed by atoms with Gasteiger partial charge in [0.25, 0.3) is 0 Å². The highest BCUT2D eigenvalue weighted by Crippen LogP contribution is 2.36. The number of anilines is 1. The van der Waals surface area contributed by atoms with Gasteiger partial charge in [-0.2, -0.15) is 0 Å². The van der Waals surface area contributed by atoms with Gasteiger partial charge in [0.15, 0.2) is 16.6 Å². The summed E-state index contributed by atoms with van der Waals surface area (Å²) in [6.07, 6.45) is 0.859. The summed E-state index contributed by atoms with van der Waals surface area (Å²) >= 11 is 1.33. The average molecular weight is 452 g/mol. The van der Waals surface area contributed by atoms with Crippen molar-refractivity contribution in [1.29, 1.82) is 0 Å². The zero-order valence-electron chi connectivity index (χ0n) is 17.2. The molecule has 0 radical (unpaired) electrons. The molecule has 2 amide bonds. The van der Waals surface area contributed by atoms with Gasteiger partial charge in [0.1, 0.15) is 12.6 Å². The van der Waals surface area contributed by atoms with Crippen LogP contribution in [-0.2, 0) is 16.1 Å².